The molecular formula is C67H88N6O15. The number of amides is 6. The molecule has 21 heteroatoms. The third-order valence-corrected chi connectivity index (χ3v) is 15.8. The Morgan fingerprint density at radius 3 is 2.17 bits per heavy atom. The van der Waals surface area contributed by atoms with Gasteiger partial charge >= 0.3 is 11.9 Å². The van der Waals surface area contributed by atoms with E-state index < -0.39 is 114 Å². The number of carbonyl (C=O) groups excluding carboxylic acids is 9. The van der Waals surface area contributed by atoms with Gasteiger partial charge in [0.25, 0.3) is 11.8 Å². The van der Waals surface area contributed by atoms with E-state index in [0.29, 0.717) is 54.7 Å². The van der Waals surface area contributed by atoms with Crippen LogP contribution >= 0.6 is 0 Å². The van der Waals surface area contributed by atoms with Crippen LogP contribution in [0.25, 0.3) is 10.8 Å². The molecule has 4 aromatic rings. The summed E-state index contributed by atoms with van der Waals surface area (Å²) in [4.78, 5) is 133. The highest BCUT2D eigenvalue weighted by Gasteiger charge is 2.43. The number of nitrogens with one attached hydrogen (secondary N) is 2. The number of esters is 2. The first-order valence-electron chi connectivity index (χ1n) is 30.1. The van der Waals surface area contributed by atoms with Crippen LogP contribution in [-0.2, 0) is 70.2 Å². The highest BCUT2D eigenvalue weighted by molar-refractivity contribution is 6.38. The Balaban J connectivity index is 1.35. The van der Waals surface area contributed by atoms with Crippen molar-refractivity contribution in [3.05, 3.63) is 114 Å². The summed E-state index contributed by atoms with van der Waals surface area (Å²) in [6.45, 7) is 8.81. The van der Waals surface area contributed by atoms with Crippen LogP contribution in [0.1, 0.15) is 116 Å². The molecule has 476 valence electrons. The summed E-state index contributed by atoms with van der Waals surface area (Å²) in [6, 6.07) is 20.9. The maximum absolute atomic E-state index is 15.1. The Bertz CT molecular complexity index is 3160. The number of piperidine rings is 1. The van der Waals surface area contributed by atoms with Crippen molar-refractivity contribution in [3.63, 3.8) is 0 Å². The van der Waals surface area contributed by atoms with Gasteiger partial charge in [-0.3, -0.25) is 33.6 Å². The second-order valence-electron chi connectivity index (χ2n) is 24.1. The normalized spacial score (nSPS) is 21.6. The third kappa shape index (κ3) is 19.3. The van der Waals surface area contributed by atoms with Gasteiger partial charge < -0.3 is 58.7 Å². The van der Waals surface area contributed by atoms with E-state index in [9.17, 15) is 38.4 Å². The molecule has 0 radical (unpaired) electrons. The van der Waals surface area contributed by atoms with Gasteiger partial charge in [-0.25, -0.2) is 9.59 Å². The molecule has 6 rings (SSSR count). The number of cyclic esters (lactones) is 2. The average Bonchev–Trinajstić information content (AvgIpc) is 1.42. The van der Waals surface area contributed by atoms with E-state index in [1.54, 1.807) is 51.1 Å². The van der Waals surface area contributed by atoms with Gasteiger partial charge in [0.2, 0.25) is 29.4 Å². The molecule has 6 amide bonds. The quantitative estimate of drug-likeness (QED) is 0.108. The predicted molar refractivity (Wildman–Crippen MR) is 330 cm³/mol. The van der Waals surface area contributed by atoms with Crippen molar-refractivity contribution in [1.29, 1.82) is 0 Å². The van der Waals surface area contributed by atoms with Crippen LogP contribution in [0.3, 0.4) is 0 Å². The molecule has 0 aliphatic carbocycles. The number of unbranched alkanes of at least 4 members (excludes halogenated alkanes) is 1. The number of carbonyl (C=O) groups is 9. The van der Waals surface area contributed by atoms with Crippen LogP contribution < -0.4 is 24.8 Å². The minimum atomic E-state index is -1.50. The number of hydrogen-bond acceptors (Lipinski definition) is 15. The first kappa shape index (κ1) is 68.8. The van der Waals surface area contributed by atoms with Crippen molar-refractivity contribution in [2.75, 3.05) is 74.8 Å². The fourth-order valence-corrected chi connectivity index (χ4v) is 10.3. The lowest BCUT2D eigenvalue weighted by Crippen LogP contribution is -2.59. The molecule has 2 aliphatic rings. The number of hydrogen-bond donors (Lipinski definition) is 2. The largest absolute Gasteiger partial charge is 0.493 e. The Hall–Kier alpha value is -8.33. The Morgan fingerprint density at radius 1 is 0.727 bits per heavy atom. The SMILES string of the molecule is CCCC[C@H]1C(=O)N[C@@H](Cc2ccc3ccccc3c2)C(=O)N(C)[C@@H](COC(C)(C)C)C(=O)NCC(=O)N(C)CCC=CC(=O)OCC(C)(C)C(=O)C(=O)N2CCCC[C@H]2C(=O)O[C@H](CCc2ccc(OC)c(OC)c2)c2cccc(c2)OCC(=O)N1C. The Kier molecular flexibility index (Phi) is 25.1. The molecule has 1 saturated heterocycles. The van der Waals surface area contributed by atoms with Gasteiger partial charge in [-0.2, -0.15) is 0 Å². The van der Waals surface area contributed by atoms with Crippen molar-refractivity contribution in [3.8, 4) is 17.2 Å². The summed E-state index contributed by atoms with van der Waals surface area (Å²) in [5, 5.41) is 7.50. The zero-order valence-corrected chi connectivity index (χ0v) is 52.9. The topological polar surface area (TPSA) is 246 Å². The van der Waals surface area contributed by atoms with Crippen molar-refractivity contribution >= 4 is 63.9 Å². The summed E-state index contributed by atoms with van der Waals surface area (Å²) in [5.41, 5.74) is -0.204. The molecule has 88 heavy (non-hydrogen) atoms. The van der Waals surface area contributed by atoms with Crippen LogP contribution in [0.5, 0.6) is 17.2 Å². The lowest BCUT2D eigenvalue weighted by Gasteiger charge is -2.36. The van der Waals surface area contributed by atoms with E-state index >= 15 is 4.79 Å². The average molecular weight is 1220 g/mol. The zero-order valence-electron chi connectivity index (χ0n) is 52.9. The fraction of sp³-hybridized carbons (Fsp3) is 0.507. The van der Waals surface area contributed by atoms with Crippen LogP contribution in [0.2, 0.25) is 0 Å². The van der Waals surface area contributed by atoms with Gasteiger partial charge in [-0.15, -0.1) is 0 Å². The number of benzene rings is 4. The first-order chi connectivity index (χ1) is 41.8. The van der Waals surface area contributed by atoms with Crippen LogP contribution in [0.4, 0.5) is 0 Å². The highest BCUT2D eigenvalue weighted by atomic mass is 16.5. The number of Topliss-reactive ketones (excluding diaryl/α,β-unsaturated/α-hetero) is 1. The maximum atomic E-state index is 15.1. The molecular weight excluding hydrogens is 1130 g/mol. The van der Waals surface area contributed by atoms with Gasteiger partial charge in [0.15, 0.2) is 18.1 Å². The Morgan fingerprint density at radius 2 is 1.45 bits per heavy atom. The molecule has 0 saturated carbocycles. The molecule has 2 bridgehead atoms. The van der Waals surface area contributed by atoms with E-state index in [-0.39, 0.29) is 57.6 Å². The molecule has 1 fully saturated rings. The van der Waals surface area contributed by atoms with Gasteiger partial charge in [-0.1, -0.05) is 86.5 Å². The molecule has 0 aromatic heterocycles. The fourth-order valence-electron chi connectivity index (χ4n) is 10.3. The number of ether oxygens (including phenoxy) is 6. The minimum Gasteiger partial charge on any atom is -0.493 e. The van der Waals surface area contributed by atoms with Crippen LogP contribution in [0, 0.1) is 5.41 Å². The third-order valence-electron chi connectivity index (χ3n) is 15.8. The van der Waals surface area contributed by atoms with Gasteiger partial charge in [0.1, 0.15) is 42.6 Å². The number of fused-ring (bicyclic) bond motifs is 4. The lowest BCUT2D eigenvalue weighted by molar-refractivity contribution is -0.165. The van der Waals surface area contributed by atoms with Gasteiger partial charge in [0.05, 0.1) is 38.4 Å². The summed E-state index contributed by atoms with van der Waals surface area (Å²) in [7, 11) is 7.51. The van der Waals surface area contributed by atoms with Crippen molar-refractivity contribution in [2.45, 2.75) is 142 Å². The Labute approximate surface area is 516 Å². The van der Waals surface area contributed by atoms with Gasteiger partial charge in [0, 0.05) is 46.7 Å². The van der Waals surface area contributed by atoms with Crippen molar-refractivity contribution < 1.29 is 71.6 Å². The van der Waals surface area contributed by atoms with Crippen molar-refractivity contribution in [2.24, 2.45) is 5.41 Å². The minimum absolute atomic E-state index is 0.000560. The molecule has 0 spiro atoms. The number of likely N-dealkylation sites (N-methyl/N-ethyl adjacent to an activating group) is 3. The number of nitrogens with zero attached hydrogens (tertiary/aromatic N) is 4. The molecule has 2 heterocycles. The summed E-state index contributed by atoms with van der Waals surface area (Å²) >= 11 is 0. The molecule has 5 atom stereocenters. The number of ketones is 1. The molecule has 4 aromatic carbocycles. The second-order valence-corrected chi connectivity index (χ2v) is 24.1. The van der Waals surface area contributed by atoms with E-state index in [4.69, 9.17) is 28.4 Å². The first-order valence-corrected chi connectivity index (χ1v) is 30.1. The molecule has 0 unspecified atom stereocenters. The zero-order chi connectivity index (χ0) is 64.3. The predicted octanol–water partition coefficient (Wildman–Crippen LogP) is 6.89. The van der Waals surface area contributed by atoms with Crippen molar-refractivity contribution in [1.82, 2.24) is 30.2 Å². The van der Waals surface area contributed by atoms with Crippen LogP contribution in [-0.4, -0.2) is 177 Å². The molecule has 2 N–H and O–H groups in total. The standard InChI is InChI=1S/C67H88N6O15/c1-12-13-25-51-62(79)69-50(37-45-28-31-46-21-14-15-22-47(46)36-45)63(80)72(9)53(41-87-66(2,3)4)61(78)68-40-57(74)70(7)34-18-17-27-59(76)86-43-67(5,6)60(77)64(81)73-35-19-16-26-52(73)65(82)88-54(32-29-44-30-33-55(83-10)56(38-44)84-11)48-23-20-24-49(39-48)85-42-58(75)71(51)8/h14-15,17,20-24,27-28,30-31,33,36,38-39,50-54H,12-13,16,18-19,25-26,29,32,34-35,37,40-43H2,1-11H3,(H,68,78)(H,69,79)/t50-,51-,52-,53-,54+/m0/s1. The summed E-state index contributed by atoms with van der Waals surface area (Å²) < 4.78 is 35.1. The maximum Gasteiger partial charge on any atom is 0.330 e. The van der Waals surface area contributed by atoms with E-state index in [1.165, 1.54) is 74.9 Å². The van der Waals surface area contributed by atoms with E-state index in [0.717, 1.165) is 22.4 Å². The number of methoxy groups -OCH3 is 2. The molecule has 2 aliphatic heterocycles. The summed E-state index contributed by atoms with van der Waals surface area (Å²) in [6.07, 6.45) is 5.28. The second kappa shape index (κ2) is 32.1. The van der Waals surface area contributed by atoms with Crippen LogP contribution in [0.15, 0.2) is 97.1 Å². The smallest absolute Gasteiger partial charge is 0.330 e. The number of aryl methyl sites for hydroxylation is 1. The monoisotopic (exact) mass is 1220 g/mol. The van der Waals surface area contributed by atoms with E-state index in [2.05, 4.69) is 10.6 Å². The number of rotatable bonds is 12. The van der Waals surface area contributed by atoms with E-state index in [1.807, 2.05) is 61.5 Å². The summed E-state index contributed by atoms with van der Waals surface area (Å²) in [5.74, 6) is -5.04. The highest BCUT2D eigenvalue weighted by Crippen LogP contribution is 2.33. The lowest BCUT2D eigenvalue weighted by atomic mass is 9.87. The van der Waals surface area contributed by atoms with Gasteiger partial charge in [-0.05, 0) is 131 Å². The molecule has 21 nitrogen and oxygen atoms in total.